The molecule has 2 aliphatic rings. The first-order chi connectivity index (χ1) is 13.1. The molecule has 3 rings (SSSR count). The van der Waals surface area contributed by atoms with Crippen molar-refractivity contribution in [1.82, 2.24) is 15.5 Å². The Bertz CT molecular complexity index is 721. The molecule has 6 heteroatoms. The Labute approximate surface area is 159 Å². The van der Waals surface area contributed by atoms with Crippen molar-refractivity contribution in [3.05, 3.63) is 72.1 Å². The van der Waals surface area contributed by atoms with Gasteiger partial charge < -0.3 is 20.3 Å². The monoisotopic (exact) mass is 371 g/mol. The van der Waals surface area contributed by atoms with Crippen molar-refractivity contribution in [1.29, 1.82) is 0 Å². The van der Waals surface area contributed by atoms with Crippen molar-refractivity contribution in [3.8, 4) is 0 Å². The third-order valence-corrected chi connectivity index (χ3v) is 4.97. The average molecular weight is 371 g/mol. The highest BCUT2D eigenvalue weighted by Gasteiger charge is 2.33. The van der Waals surface area contributed by atoms with Crippen LogP contribution in [0.3, 0.4) is 0 Å². The number of halogens is 1. The van der Waals surface area contributed by atoms with Crippen molar-refractivity contribution < 1.29 is 13.9 Å². The Morgan fingerprint density at radius 3 is 2.78 bits per heavy atom. The molecule has 0 aromatic heterocycles. The Balaban J connectivity index is 1.88. The molecule has 1 aromatic rings. The molecule has 2 atom stereocenters. The maximum absolute atomic E-state index is 13.4. The minimum atomic E-state index is -0.329. The fraction of sp³-hybridized carbons (Fsp3) is 0.381. The largest absolute Gasteiger partial charge is 0.378 e. The van der Waals surface area contributed by atoms with E-state index < -0.39 is 0 Å². The average Bonchev–Trinajstić information content (AvgIpc) is 2.96. The first-order valence-corrected chi connectivity index (χ1v) is 9.23. The first kappa shape index (κ1) is 19.3. The lowest BCUT2D eigenvalue weighted by atomic mass is 9.88. The van der Waals surface area contributed by atoms with Gasteiger partial charge >= 0.3 is 6.03 Å². The number of urea groups is 1. The SMILES string of the molecule is C=CC1=C(C=C)[C@@H](c2ccc(F)cc2)N(C(=O)NC2CNCCOC2)CC1. The normalized spacial score (nSPS) is 23.5. The second kappa shape index (κ2) is 8.97. The first-order valence-electron chi connectivity index (χ1n) is 9.23. The molecule has 1 unspecified atom stereocenters. The zero-order valence-corrected chi connectivity index (χ0v) is 15.4. The summed E-state index contributed by atoms with van der Waals surface area (Å²) in [6.45, 7) is 10.9. The van der Waals surface area contributed by atoms with Crippen molar-refractivity contribution in [2.45, 2.75) is 18.5 Å². The minimum Gasteiger partial charge on any atom is -0.378 e. The van der Waals surface area contributed by atoms with Gasteiger partial charge in [-0.25, -0.2) is 9.18 Å². The van der Waals surface area contributed by atoms with E-state index >= 15 is 0 Å². The fourth-order valence-corrected chi connectivity index (χ4v) is 3.60. The highest BCUT2D eigenvalue weighted by atomic mass is 19.1. The van der Waals surface area contributed by atoms with Crippen LogP contribution in [0.25, 0.3) is 0 Å². The van der Waals surface area contributed by atoms with E-state index in [0.717, 1.165) is 23.3 Å². The van der Waals surface area contributed by atoms with Crippen LogP contribution in [-0.4, -0.2) is 49.8 Å². The molecule has 144 valence electrons. The van der Waals surface area contributed by atoms with Gasteiger partial charge in [0.1, 0.15) is 5.82 Å². The number of carbonyl (C=O) groups is 1. The van der Waals surface area contributed by atoms with Crippen LogP contribution < -0.4 is 10.6 Å². The molecule has 2 N–H and O–H groups in total. The lowest BCUT2D eigenvalue weighted by Gasteiger charge is -2.38. The van der Waals surface area contributed by atoms with Crippen LogP contribution in [0.15, 0.2) is 60.7 Å². The molecule has 0 aliphatic carbocycles. The third-order valence-electron chi connectivity index (χ3n) is 4.97. The van der Waals surface area contributed by atoms with Gasteiger partial charge in [-0.2, -0.15) is 0 Å². The smallest absolute Gasteiger partial charge is 0.318 e. The van der Waals surface area contributed by atoms with Crippen LogP contribution in [0.5, 0.6) is 0 Å². The van der Waals surface area contributed by atoms with Gasteiger partial charge in [-0.15, -0.1) is 0 Å². The Kier molecular flexibility index (Phi) is 6.42. The molecular weight excluding hydrogens is 345 g/mol. The maximum atomic E-state index is 13.4. The second-order valence-electron chi connectivity index (χ2n) is 6.71. The highest BCUT2D eigenvalue weighted by molar-refractivity contribution is 5.76. The number of ether oxygens (including phenoxy) is 1. The predicted octanol–water partition coefficient (Wildman–Crippen LogP) is 2.94. The number of carbonyl (C=O) groups excluding carboxylic acids is 1. The summed E-state index contributed by atoms with van der Waals surface area (Å²) in [7, 11) is 0. The minimum absolute atomic E-state index is 0.0918. The number of allylic oxidation sites excluding steroid dienone is 1. The van der Waals surface area contributed by atoms with E-state index in [9.17, 15) is 9.18 Å². The summed E-state index contributed by atoms with van der Waals surface area (Å²) in [5.41, 5.74) is 2.83. The van der Waals surface area contributed by atoms with Crippen molar-refractivity contribution >= 4 is 6.03 Å². The number of amides is 2. The molecule has 5 nitrogen and oxygen atoms in total. The van der Waals surface area contributed by atoms with Crippen molar-refractivity contribution in [3.63, 3.8) is 0 Å². The van der Waals surface area contributed by atoms with Gasteiger partial charge in [0, 0.05) is 19.6 Å². The molecule has 0 saturated carbocycles. The summed E-state index contributed by atoms with van der Waals surface area (Å²) in [4.78, 5) is 14.8. The standard InChI is InChI=1S/C21H26FN3O2/c1-3-15-9-11-25(21(26)24-18-13-23-10-12-27-14-18)20(19(15)4-2)16-5-7-17(22)8-6-16/h3-8,18,20,23H,1-2,9-14H2,(H,24,26)/t18?,20-/m1/s1. The topological polar surface area (TPSA) is 53.6 Å². The van der Waals surface area contributed by atoms with Gasteiger partial charge in [-0.1, -0.05) is 37.4 Å². The van der Waals surface area contributed by atoms with E-state index in [4.69, 9.17) is 4.74 Å². The molecule has 1 saturated heterocycles. The molecule has 1 fully saturated rings. The lowest BCUT2D eigenvalue weighted by Crippen LogP contribution is -2.51. The number of benzene rings is 1. The van der Waals surface area contributed by atoms with E-state index in [1.807, 2.05) is 6.08 Å². The van der Waals surface area contributed by atoms with E-state index in [1.165, 1.54) is 12.1 Å². The van der Waals surface area contributed by atoms with Gasteiger partial charge in [-0.05, 0) is 35.3 Å². The number of hydrogen-bond acceptors (Lipinski definition) is 3. The fourth-order valence-electron chi connectivity index (χ4n) is 3.60. The lowest BCUT2D eigenvalue weighted by molar-refractivity contribution is 0.127. The summed E-state index contributed by atoms with van der Waals surface area (Å²) < 4.78 is 18.9. The molecule has 0 bridgehead atoms. The number of nitrogens with one attached hydrogen (secondary N) is 2. The van der Waals surface area contributed by atoms with Crippen LogP contribution in [0, 0.1) is 5.82 Å². The molecule has 27 heavy (non-hydrogen) atoms. The summed E-state index contributed by atoms with van der Waals surface area (Å²) in [6.07, 6.45) is 4.28. The van der Waals surface area contributed by atoms with Crippen molar-refractivity contribution in [2.75, 3.05) is 32.8 Å². The maximum Gasteiger partial charge on any atom is 0.318 e. The molecule has 0 spiro atoms. The molecule has 1 aromatic carbocycles. The van der Waals surface area contributed by atoms with Crippen LogP contribution in [0.4, 0.5) is 9.18 Å². The van der Waals surface area contributed by atoms with Gasteiger partial charge in [-0.3, -0.25) is 0 Å². The number of nitrogens with zero attached hydrogens (tertiary/aromatic N) is 1. The summed E-state index contributed by atoms with van der Waals surface area (Å²) in [5, 5.41) is 6.31. The zero-order valence-electron chi connectivity index (χ0n) is 15.4. The number of hydrogen-bond donors (Lipinski definition) is 2. The van der Waals surface area contributed by atoms with Crippen LogP contribution in [-0.2, 0) is 4.74 Å². The van der Waals surface area contributed by atoms with Gasteiger partial charge in [0.05, 0.1) is 25.3 Å². The Morgan fingerprint density at radius 2 is 2.07 bits per heavy atom. The molecule has 2 heterocycles. The summed E-state index contributed by atoms with van der Waals surface area (Å²) in [6, 6.07) is 5.67. The molecular formula is C21H26FN3O2. The van der Waals surface area contributed by atoms with Gasteiger partial charge in [0.15, 0.2) is 0 Å². The zero-order chi connectivity index (χ0) is 19.2. The molecule has 2 aliphatic heterocycles. The van der Waals surface area contributed by atoms with E-state index in [2.05, 4.69) is 23.8 Å². The quantitative estimate of drug-likeness (QED) is 0.856. The Hall–Kier alpha value is -2.44. The van der Waals surface area contributed by atoms with Crippen molar-refractivity contribution in [2.24, 2.45) is 0 Å². The van der Waals surface area contributed by atoms with Crippen LogP contribution in [0.1, 0.15) is 18.0 Å². The summed E-state index contributed by atoms with van der Waals surface area (Å²) >= 11 is 0. The van der Waals surface area contributed by atoms with Crippen LogP contribution >= 0.6 is 0 Å². The number of rotatable bonds is 4. The molecule has 2 amide bonds. The van der Waals surface area contributed by atoms with E-state index in [-0.39, 0.29) is 23.9 Å². The Morgan fingerprint density at radius 1 is 1.30 bits per heavy atom. The second-order valence-corrected chi connectivity index (χ2v) is 6.71. The van der Waals surface area contributed by atoms with Gasteiger partial charge in [0.2, 0.25) is 0 Å². The van der Waals surface area contributed by atoms with E-state index in [0.29, 0.717) is 32.7 Å². The highest BCUT2D eigenvalue weighted by Crippen LogP contribution is 2.37. The van der Waals surface area contributed by atoms with E-state index in [1.54, 1.807) is 23.1 Å². The van der Waals surface area contributed by atoms with Gasteiger partial charge in [0.25, 0.3) is 0 Å². The molecule has 0 radical (unpaired) electrons. The summed E-state index contributed by atoms with van der Waals surface area (Å²) in [5.74, 6) is -0.305. The predicted molar refractivity (Wildman–Crippen MR) is 104 cm³/mol. The third kappa shape index (κ3) is 4.46. The van der Waals surface area contributed by atoms with Crippen LogP contribution in [0.2, 0.25) is 0 Å².